The zero-order valence-corrected chi connectivity index (χ0v) is 15.2. The van der Waals surface area contributed by atoms with Gasteiger partial charge in [-0.25, -0.2) is 4.98 Å². The Kier molecular flexibility index (Phi) is 5.72. The summed E-state index contributed by atoms with van der Waals surface area (Å²) < 4.78 is 2.10. The second-order valence-corrected chi connectivity index (χ2v) is 6.45. The fourth-order valence-corrected chi connectivity index (χ4v) is 2.66. The summed E-state index contributed by atoms with van der Waals surface area (Å²) >= 11 is 3.21. The van der Waals surface area contributed by atoms with Gasteiger partial charge in [0.15, 0.2) is 5.78 Å². The normalized spacial score (nSPS) is 11.8. The third kappa shape index (κ3) is 3.94. The van der Waals surface area contributed by atoms with Gasteiger partial charge < -0.3 is 9.47 Å². The predicted molar refractivity (Wildman–Crippen MR) is 93.7 cm³/mol. The molecule has 0 spiro atoms. The predicted octanol–water partition coefficient (Wildman–Crippen LogP) is 2.14. The first-order valence-electron chi connectivity index (χ1n) is 7.30. The fraction of sp³-hybridized carbons (Fsp3) is 0.500. The molecule has 0 radical (unpaired) electrons. The second kappa shape index (κ2) is 7.35. The summed E-state index contributed by atoms with van der Waals surface area (Å²) in [5, 5.41) is 0.339. The van der Waals surface area contributed by atoms with E-state index in [4.69, 9.17) is 4.98 Å². The first-order valence-corrected chi connectivity index (χ1v) is 8.42. The lowest BCUT2D eigenvalue weighted by Crippen LogP contribution is -2.29. The number of carbonyl (C=O) groups is 1. The van der Waals surface area contributed by atoms with Crippen LogP contribution in [-0.4, -0.2) is 64.7 Å². The minimum absolute atomic E-state index is 0.0807. The second-order valence-electron chi connectivity index (χ2n) is 5.89. The molecule has 120 valence electrons. The SMILES string of the molecule is CN(C)CCN(C)Cc1nc2cc(C(=O)CBr)ccc2n1C. The van der Waals surface area contributed by atoms with E-state index in [2.05, 4.69) is 51.4 Å². The van der Waals surface area contributed by atoms with E-state index < -0.39 is 0 Å². The van der Waals surface area contributed by atoms with Crippen LogP contribution < -0.4 is 0 Å². The summed E-state index contributed by atoms with van der Waals surface area (Å²) in [6, 6.07) is 5.72. The van der Waals surface area contributed by atoms with Crippen LogP contribution >= 0.6 is 15.9 Å². The molecule has 0 amide bonds. The largest absolute Gasteiger partial charge is 0.330 e. The van der Waals surface area contributed by atoms with E-state index in [1.165, 1.54) is 0 Å². The molecule has 0 aliphatic rings. The summed E-state index contributed by atoms with van der Waals surface area (Å²) in [4.78, 5) is 20.9. The van der Waals surface area contributed by atoms with Gasteiger partial charge in [-0.2, -0.15) is 0 Å². The van der Waals surface area contributed by atoms with Crippen LogP contribution in [0.1, 0.15) is 16.2 Å². The molecule has 0 fully saturated rings. The van der Waals surface area contributed by atoms with Crippen molar-refractivity contribution in [1.29, 1.82) is 0 Å². The maximum Gasteiger partial charge on any atom is 0.173 e. The number of hydrogen-bond acceptors (Lipinski definition) is 4. The molecule has 1 heterocycles. The molecule has 1 aromatic heterocycles. The first kappa shape index (κ1) is 17.1. The van der Waals surface area contributed by atoms with Crippen molar-refractivity contribution in [3.8, 4) is 0 Å². The van der Waals surface area contributed by atoms with Crippen LogP contribution in [0.15, 0.2) is 18.2 Å². The Morgan fingerprint density at radius 1 is 1.27 bits per heavy atom. The number of halogens is 1. The number of aromatic nitrogens is 2. The molecular formula is C16H23BrN4O. The Morgan fingerprint density at radius 3 is 2.64 bits per heavy atom. The van der Waals surface area contributed by atoms with Crippen LogP contribution in [-0.2, 0) is 13.6 Å². The average molecular weight is 367 g/mol. The summed E-state index contributed by atoms with van der Waals surface area (Å²) in [6.07, 6.45) is 0. The Balaban J connectivity index is 2.20. The van der Waals surface area contributed by atoms with Crippen molar-refractivity contribution < 1.29 is 4.79 Å². The van der Waals surface area contributed by atoms with E-state index in [0.29, 0.717) is 10.9 Å². The van der Waals surface area contributed by atoms with Gasteiger partial charge in [-0.15, -0.1) is 0 Å². The maximum atomic E-state index is 11.8. The van der Waals surface area contributed by atoms with Gasteiger partial charge in [0.05, 0.1) is 22.9 Å². The van der Waals surface area contributed by atoms with Crippen molar-refractivity contribution in [1.82, 2.24) is 19.4 Å². The lowest BCUT2D eigenvalue weighted by atomic mass is 10.1. The van der Waals surface area contributed by atoms with Gasteiger partial charge in [-0.05, 0) is 39.3 Å². The van der Waals surface area contributed by atoms with E-state index in [0.717, 1.165) is 36.5 Å². The lowest BCUT2D eigenvalue weighted by molar-refractivity contribution is 0.102. The molecular weight excluding hydrogens is 344 g/mol. The van der Waals surface area contributed by atoms with E-state index in [1.807, 2.05) is 25.2 Å². The van der Waals surface area contributed by atoms with Gasteiger partial charge in [0.25, 0.3) is 0 Å². The Labute approximate surface area is 140 Å². The number of nitrogens with zero attached hydrogens (tertiary/aromatic N) is 4. The molecule has 0 saturated heterocycles. The van der Waals surface area contributed by atoms with Crippen molar-refractivity contribution in [2.75, 3.05) is 39.6 Å². The highest BCUT2D eigenvalue weighted by molar-refractivity contribution is 9.09. The molecule has 0 aliphatic carbocycles. The van der Waals surface area contributed by atoms with Crippen LogP contribution in [0.5, 0.6) is 0 Å². The number of likely N-dealkylation sites (N-methyl/N-ethyl adjacent to an activating group) is 2. The number of ketones is 1. The molecule has 0 saturated carbocycles. The Morgan fingerprint density at radius 2 is 2.00 bits per heavy atom. The number of carbonyl (C=O) groups excluding carboxylic acids is 1. The van der Waals surface area contributed by atoms with Gasteiger partial charge in [-0.1, -0.05) is 15.9 Å². The molecule has 1 aromatic carbocycles. The molecule has 0 aliphatic heterocycles. The van der Waals surface area contributed by atoms with Gasteiger partial charge >= 0.3 is 0 Å². The van der Waals surface area contributed by atoms with Crippen LogP contribution in [0.2, 0.25) is 0 Å². The zero-order valence-electron chi connectivity index (χ0n) is 13.6. The zero-order chi connectivity index (χ0) is 16.3. The Hall–Kier alpha value is -1.24. The maximum absolute atomic E-state index is 11.8. The number of benzene rings is 1. The average Bonchev–Trinajstić information content (AvgIpc) is 2.80. The van der Waals surface area contributed by atoms with Crippen LogP contribution in [0.4, 0.5) is 0 Å². The fourth-order valence-electron chi connectivity index (χ4n) is 2.33. The standard InChI is InChI=1S/C16H23BrN4O/c1-19(2)7-8-20(3)11-16-18-13-9-12(15(22)10-17)5-6-14(13)21(16)4/h5-6,9H,7-8,10-11H2,1-4H3. The van der Waals surface area contributed by atoms with Gasteiger partial charge in [0, 0.05) is 25.7 Å². The monoisotopic (exact) mass is 366 g/mol. The molecule has 0 unspecified atom stereocenters. The van der Waals surface area contributed by atoms with Crippen molar-refractivity contribution >= 4 is 32.7 Å². The Bertz CT molecular complexity index is 665. The molecule has 2 rings (SSSR count). The third-order valence-corrected chi connectivity index (χ3v) is 4.27. The number of aryl methyl sites for hydroxylation is 1. The lowest BCUT2D eigenvalue weighted by Gasteiger charge is -2.18. The van der Waals surface area contributed by atoms with Gasteiger partial charge in [0.2, 0.25) is 0 Å². The summed E-state index contributed by atoms with van der Waals surface area (Å²) in [5.41, 5.74) is 2.64. The number of Topliss-reactive ketones (excluding diaryl/α,β-unsaturated/α-hetero) is 1. The van der Waals surface area contributed by atoms with E-state index in [1.54, 1.807) is 0 Å². The summed E-state index contributed by atoms with van der Waals surface area (Å²) in [5.74, 6) is 1.09. The third-order valence-electron chi connectivity index (χ3n) is 3.76. The highest BCUT2D eigenvalue weighted by Crippen LogP contribution is 2.18. The molecule has 0 atom stereocenters. The minimum Gasteiger partial charge on any atom is -0.330 e. The smallest absolute Gasteiger partial charge is 0.173 e. The number of alkyl halides is 1. The van der Waals surface area contributed by atoms with Gasteiger partial charge in [0.1, 0.15) is 5.82 Å². The van der Waals surface area contributed by atoms with Gasteiger partial charge in [-0.3, -0.25) is 9.69 Å². The van der Waals surface area contributed by atoms with Crippen molar-refractivity contribution in [3.63, 3.8) is 0 Å². The highest BCUT2D eigenvalue weighted by atomic mass is 79.9. The van der Waals surface area contributed by atoms with Crippen LogP contribution in [0, 0.1) is 0 Å². The molecule has 0 bridgehead atoms. The number of imidazole rings is 1. The minimum atomic E-state index is 0.0807. The van der Waals surface area contributed by atoms with E-state index in [9.17, 15) is 4.79 Å². The molecule has 6 heteroatoms. The topological polar surface area (TPSA) is 41.4 Å². The summed E-state index contributed by atoms with van der Waals surface area (Å²) in [7, 11) is 8.27. The van der Waals surface area contributed by atoms with Crippen LogP contribution in [0.3, 0.4) is 0 Å². The number of fused-ring (bicyclic) bond motifs is 1. The highest BCUT2D eigenvalue weighted by Gasteiger charge is 2.12. The molecule has 5 nitrogen and oxygen atoms in total. The van der Waals surface area contributed by atoms with E-state index in [-0.39, 0.29) is 5.78 Å². The molecule has 2 aromatic rings. The molecule has 22 heavy (non-hydrogen) atoms. The molecule has 0 N–H and O–H groups in total. The number of hydrogen-bond donors (Lipinski definition) is 0. The van der Waals surface area contributed by atoms with Crippen molar-refractivity contribution in [2.24, 2.45) is 7.05 Å². The number of rotatable bonds is 7. The first-order chi connectivity index (χ1) is 10.4. The summed E-state index contributed by atoms with van der Waals surface area (Å²) in [6.45, 7) is 2.80. The van der Waals surface area contributed by atoms with Crippen molar-refractivity contribution in [2.45, 2.75) is 6.54 Å². The van der Waals surface area contributed by atoms with E-state index >= 15 is 0 Å². The van der Waals surface area contributed by atoms with Crippen LogP contribution in [0.25, 0.3) is 11.0 Å². The van der Waals surface area contributed by atoms with Crippen molar-refractivity contribution in [3.05, 3.63) is 29.6 Å². The quantitative estimate of drug-likeness (QED) is 0.556.